The van der Waals surface area contributed by atoms with Crippen LogP contribution in [0.15, 0.2) is 60.7 Å². The maximum Gasteiger partial charge on any atom is 0.419 e. The monoisotopic (exact) mass is 553 g/mol. The molecule has 1 unspecified atom stereocenters. The third-order valence-electron chi connectivity index (χ3n) is 6.71. The summed E-state index contributed by atoms with van der Waals surface area (Å²) in [7, 11) is 3.60. The van der Waals surface area contributed by atoms with Crippen LogP contribution in [0.25, 0.3) is 0 Å². The summed E-state index contributed by atoms with van der Waals surface area (Å²) in [4.78, 5) is 17.0. The number of nitrogens with zero attached hydrogens (tertiary/aromatic N) is 2. The van der Waals surface area contributed by atoms with Crippen molar-refractivity contribution in [2.24, 2.45) is 0 Å². The Bertz CT molecular complexity index is 1280. The molecule has 0 radical (unpaired) electrons. The van der Waals surface area contributed by atoms with E-state index in [2.05, 4.69) is 5.32 Å². The Balaban J connectivity index is 1.60. The molecule has 0 spiro atoms. The zero-order chi connectivity index (χ0) is 26.9. The summed E-state index contributed by atoms with van der Waals surface area (Å²) in [5, 5.41) is 3.81. The van der Waals surface area contributed by atoms with Crippen LogP contribution in [0, 0.1) is 5.82 Å². The fraction of sp³-hybridized carbons (Fsp3) is 0.296. The van der Waals surface area contributed by atoms with E-state index in [0.29, 0.717) is 34.3 Å². The second-order valence-corrected chi connectivity index (χ2v) is 9.93. The Morgan fingerprint density at radius 1 is 1.03 bits per heavy atom. The summed E-state index contributed by atoms with van der Waals surface area (Å²) in [6.45, 7) is 0.967. The molecule has 37 heavy (non-hydrogen) atoms. The molecule has 0 aliphatic carbocycles. The maximum absolute atomic E-state index is 14.2. The van der Waals surface area contributed by atoms with Crippen molar-refractivity contribution in [1.82, 2.24) is 9.80 Å². The normalized spacial score (nSPS) is 17.9. The molecule has 2 atom stereocenters. The molecule has 4 rings (SSSR count). The van der Waals surface area contributed by atoms with Gasteiger partial charge in [0.15, 0.2) is 0 Å². The summed E-state index contributed by atoms with van der Waals surface area (Å²) in [6, 6.07) is 15.2. The van der Waals surface area contributed by atoms with Crippen LogP contribution in [0.4, 0.5) is 23.2 Å². The van der Waals surface area contributed by atoms with E-state index in [1.54, 1.807) is 43.3 Å². The van der Waals surface area contributed by atoms with E-state index in [1.807, 2.05) is 23.1 Å². The predicted octanol–water partition coefficient (Wildman–Crippen LogP) is 6.93. The first kappa shape index (κ1) is 27.2. The van der Waals surface area contributed by atoms with Crippen LogP contribution in [0.2, 0.25) is 10.0 Å². The summed E-state index contributed by atoms with van der Waals surface area (Å²) in [5.41, 5.74) is 1.40. The molecular formula is C27H25Cl2F4N3O. The molecule has 3 aromatic rings. The minimum absolute atomic E-state index is 0.135. The third kappa shape index (κ3) is 6.03. The van der Waals surface area contributed by atoms with Crippen LogP contribution in [0.3, 0.4) is 0 Å². The topological polar surface area (TPSA) is 35.6 Å². The summed E-state index contributed by atoms with van der Waals surface area (Å²) in [5.74, 6) is -1.60. The number of alkyl halides is 3. The number of carbonyl (C=O) groups excluding carboxylic acids is 1. The van der Waals surface area contributed by atoms with Crippen LogP contribution in [-0.2, 0) is 12.7 Å². The number of likely N-dealkylation sites (N-methyl/N-ethyl adjacent to an activating group) is 1. The van der Waals surface area contributed by atoms with Crippen molar-refractivity contribution in [3.8, 4) is 0 Å². The molecule has 10 heteroatoms. The van der Waals surface area contributed by atoms with Gasteiger partial charge < -0.3 is 10.2 Å². The van der Waals surface area contributed by atoms with Crippen molar-refractivity contribution in [2.45, 2.75) is 24.7 Å². The van der Waals surface area contributed by atoms with Gasteiger partial charge in [0.05, 0.1) is 15.6 Å². The molecule has 0 aromatic heterocycles. The number of benzene rings is 3. The molecule has 1 N–H and O–H groups in total. The first-order chi connectivity index (χ1) is 17.5. The number of amides is 1. The van der Waals surface area contributed by atoms with Gasteiger partial charge in [-0.05, 0) is 66.7 Å². The molecule has 1 fully saturated rings. The van der Waals surface area contributed by atoms with E-state index in [9.17, 15) is 22.4 Å². The fourth-order valence-electron chi connectivity index (χ4n) is 4.72. The Morgan fingerprint density at radius 3 is 2.32 bits per heavy atom. The summed E-state index contributed by atoms with van der Waals surface area (Å²) < 4.78 is 53.1. The molecule has 196 valence electrons. The van der Waals surface area contributed by atoms with Gasteiger partial charge in [-0.3, -0.25) is 9.69 Å². The van der Waals surface area contributed by atoms with E-state index in [1.165, 1.54) is 6.07 Å². The van der Waals surface area contributed by atoms with Crippen molar-refractivity contribution in [3.63, 3.8) is 0 Å². The number of carbonyl (C=O) groups is 1. The van der Waals surface area contributed by atoms with E-state index >= 15 is 0 Å². The summed E-state index contributed by atoms with van der Waals surface area (Å²) >= 11 is 12.4. The van der Waals surface area contributed by atoms with E-state index in [0.717, 1.165) is 23.4 Å². The predicted molar refractivity (Wildman–Crippen MR) is 138 cm³/mol. The van der Waals surface area contributed by atoms with Gasteiger partial charge in [0.25, 0.3) is 5.91 Å². The number of rotatable bonds is 6. The molecule has 1 aliphatic heterocycles. The first-order valence-electron chi connectivity index (χ1n) is 11.6. The van der Waals surface area contributed by atoms with E-state index in [4.69, 9.17) is 23.2 Å². The number of anilines is 1. The Hall–Kier alpha value is -2.81. The number of hydrogen-bond acceptors (Lipinski definition) is 3. The van der Waals surface area contributed by atoms with Crippen molar-refractivity contribution in [2.75, 3.05) is 32.5 Å². The highest BCUT2D eigenvalue weighted by Gasteiger charge is 2.39. The van der Waals surface area contributed by atoms with Gasteiger partial charge in [-0.25, -0.2) is 4.39 Å². The molecular weight excluding hydrogens is 529 g/mol. The van der Waals surface area contributed by atoms with Crippen molar-refractivity contribution in [3.05, 3.63) is 98.8 Å². The van der Waals surface area contributed by atoms with Gasteiger partial charge in [0.1, 0.15) is 5.82 Å². The minimum atomic E-state index is -4.76. The lowest BCUT2D eigenvalue weighted by molar-refractivity contribution is -0.140. The Labute approximate surface area is 222 Å². The fourth-order valence-corrected chi connectivity index (χ4v) is 5.03. The van der Waals surface area contributed by atoms with Crippen LogP contribution in [0.5, 0.6) is 0 Å². The van der Waals surface area contributed by atoms with E-state index in [-0.39, 0.29) is 24.4 Å². The average molecular weight is 554 g/mol. The average Bonchev–Trinajstić information content (AvgIpc) is 3.30. The smallest absolute Gasteiger partial charge is 0.388 e. The molecule has 1 aliphatic rings. The zero-order valence-electron chi connectivity index (χ0n) is 20.1. The Morgan fingerprint density at radius 2 is 1.73 bits per heavy atom. The molecule has 0 bridgehead atoms. The quantitative estimate of drug-likeness (QED) is 0.336. The SMILES string of the molecule is CNc1ccc(C(=O)N2CC(N(C)Cc3ccc(C(F)(F)F)c(F)c3)[C@@H](c3ccc(Cl)c(Cl)c3)C2)cc1. The second kappa shape index (κ2) is 10.9. The van der Waals surface area contributed by atoms with Gasteiger partial charge in [0.2, 0.25) is 0 Å². The molecule has 0 saturated carbocycles. The molecule has 1 amide bonds. The van der Waals surface area contributed by atoms with E-state index < -0.39 is 17.6 Å². The second-order valence-electron chi connectivity index (χ2n) is 9.11. The molecule has 1 saturated heterocycles. The van der Waals surface area contributed by atoms with Crippen molar-refractivity contribution in [1.29, 1.82) is 0 Å². The highest BCUT2D eigenvalue weighted by atomic mass is 35.5. The van der Waals surface area contributed by atoms with Crippen LogP contribution < -0.4 is 5.32 Å². The first-order valence-corrected chi connectivity index (χ1v) is 12.3. The number of nitrogens with one attached hydrogen (secondary N) is 1. The summed E-state index contributed by atoms with van der Waals surface area (Å²) in [6.07, 6.45) is -4.76. The van der Waals surface area contributed by atoms with Crippen LogP contribution in [0.1, 0.15) is 33.0 Å². The molecule has 4 nitrogen and oxygen atoms in total. The van der Waals surface area contributed by atoms with Crippen molar-refractivity contribution >= 4 is 34.8 Å². The zero-order valence-corrected chi connectivity index (χ0v) is 21.6. The van der Waals surface area contributed by atoms with Crippen molar-refractivity contribution < 1.29 is 22.4 Å². The number of likely N-dealkylation sites (tertiary alicyclic amines) is 1. The molecule has 3 aromatic carbocycles. The number of hydrogen-bond donors (Lipinski definition) is 1. The maximum atomic E-state index is 14.2. The van der Waals surface area contributed by atoms with Gasteiger partial charge in [-0.1, -0.05) is 35.3 Å². The standard InChI is InChI=1S/C27H25Cl2F4N3O/c1-34-19-7-4-17(5-8-19)26(37)36-14-20(18-6-10-22(28)23(29)12-18)25(15-36)35(2)13-16-3-9-21(24(30)11-16)27(31,32)33/h3-12,20,25,34H,13-15H2,1-2H3/t20-,25?/m1/s1. The van der Waals surface area contributed by atoms with Gasteiger partial charge >= 0.3 is 6.18 Å². The van der Waals surface area contributed by atoms with Gasteiger partial charge in [-0.2, -0.15) is 13.2 Å². The lowest BCUT2D eigenvalue weighted by Crippen LogP contribution is -2.38. The lowest BCUT2D eigenvalue weighted by atomic mass is 9.93. The molecule has 1 heterocycles. The highest BCUT2D eigenvalue weighted by Crippen LogP contribution is 2.36. The largest absolute Gasteiger partial charge is 0.419 e. The van der Waals surface area contributed by atoms with Gasteiger partial charge in [-0.15, -0.1) is 0 Å². The Kier molecular flexibility index (Phi) is 8.02. The number of halogens is 6. The highest BCUT2D eigenvalue weighted by molar-refractivity contribution is 6.42. The third-order valence-corrected chi connectivity index (χ3v) is 7.44. The minimum Gasteiger partial charge on any atom is -0.388 e. The van der Waals surface area contributed by atoms with Crippen LogP contribution in [-0.4, -0.2) is 48.9 Å². The van der Waals surface area contributed by atoms with Gasteiger partial charge in [0, 0.05) is 49.9 Å². The van der Waals surface area contributed by atoms with Crippen LogP contribution >= 0.6 is 23.2 Å². The lowest BCUT2D eigenvalue weighted by Gasteiger charge is -2.29.